The molecule has 2 heterocycles. The molecule has 1 aliphatic heterocycles. The van der Waals surface area contributed by atoms with Gasteiger partial charge in [-0.05, 0) is 30.5 Å². The Labute approximate surface area is 116 Å². The number of furan rings is 1. The molecule has 20 heavy (non-hydrogen) atoms. The summed E-state index contributed by atoms with van der Waals surface area (Å²) in [5, 5.41) is 8.75. The minimum Gasteiger partial charge on any atom is -0.481 e. The summed E-state index contributed by atoms with van der Waals surface area (Å²) in [7, 11) is 0. The van der Waals surface area contributed by atoms with Gasteiger partial charge < -0.3 is 14.4 Å². The molecule has 5 nitrogen and oxygen atoms in total. The molecule has 2 atom stereocenters. The fourth-order valence-corrected chi connectivity index (χ4v) is 2.45. The van der Waals surface area contributed by atoms with Crippen molar-refractivity contribution in [1.82, 2.24) is 4.90 Å². The molecule has 2 fully saturated rings. The van der Waals surface area contributed by atoms with Gasteiger partial charge in [0.15, 0.2) is 0 Å². The summed E-state index contributed by atoms with van der Waals surface area (Å²) in [5.74, 6) is 1.45. The summed E-state index contributed by atoms with van der Waals surface area (Å²) >= 11 is 0. The van der Waals surface area contributed by atoms with Crippen LogP contribution in [0.4, 0.5) is 0 Å². The molecule has 2 aliphatic rings. The molecule has 1 saturated heterocycles. The fourth-order valence-electron chi connectivity index (χ4n) is 2.45. The SMILES string of the molecule is CC1CC1c1ccc(C=CC(=O)N2CC(C(=O)O)C2)o1. The van der Waals surface area contributed by atoms with E-state index in [0.717, 1.165) is 5.76 Å². The second-order valence-electron chi connectivity index (χ2n) is 5.67. The van der Waals surface area contributed by atoms with E-state index in [-0.39, 0.29) is 5.91 Å². The molecule has 1 aromatic rings. The van der Waals surface area contributed by atoms with Crippen molar-refractivity contribution >= 4 is 18.0 Å². The van der Waals surface area contributed by atoms with Crippen molar-refractivity contribution in [3.63, 3.8) is 0 Å². The van der Waals surface area contributed by atoms with Crippen LogP contribution in [0.1, 0.15) is 30.8 Å². The molecule has 2 unspecified atom stereocenters. The third-order valence-corrected chi connectivity index (χ3v) is 4.06. The lowest BCUT2D eigenvalue weighted by Crippen LogP contribution is -2.52. The molecular formula is C15H17NO4. The second-order valence-corrected chi connectivity index (χ2v) is 5.67. The number of amides is 1. The van der Waals surface area contributed by atoms with E-state index in [1.54, 1.807) is 6.08 Å². The Morgan fingerprint density at radius 1 is 1.40 bits per heavy atom. The lowest BCUT2D eigenvalue weighted by atomic mass is 10.0. The Bertz CT molecular complexity index is 568. The van der Waals surface area contributed by atoms with Gasteiger partial charge in [0, 0.05) is 25.1 Å². The third kappa shape index (κ3) is 2.48. The first-order chi connectivity index (χ1) is 9.54. The summed E-state index contributed by atoms with van der Waals surface area (Å²) in [4.78, 5) is 23.9. The van der Waals surface area contributed by atoms with Gasteiger partial charge in [-0.3, -0.25) is 9.59 Å². The quantitative estimate of drug-likeness (QED) is 0.853. The number of aliphatic carboxylic acids is 1. The van der Waals surface area contributed by atoms with Crippen LogP contribution >= 0.6 is 0 Å². The van der Waals surface area contributed by atoms with Crippen LogP contribution in [0.2, 0.25) is 0 Å². The van der Waals surface area contributed by atoms with Crippen molar-refractivity contribution in [3.05, 3.63) is 29.7 Å². The van der Waals surface area contributed by atoms with Crippen LogP contribution in [-0.4, -0.2) is 35.0 Å². The predicted octanol–water partition coefficient (Wildman–Crippen LogP) is 1.96. The van der Waals surface area contributed by atoms with Crippen LogP contribution in [-0.2, 0) is 9.59 Å². The highest BCUT2D eigenvalue weighted by atomic mass is 16.4. The molecule has 0 radical (unpaired) electrons. The monoisotopic (exact) mass is 275 g/mol. The van der Waals surface area contributed by atoms with Gasteiger partial charge in [-0.15, -0.1) is 0 Å². The van der Waals surface area contributed by atoms with Crippen LogP contribution in [0.3, 0.4) is 0 Å². The highest BCUT2D eigenvalue weighted by Crippen LogP contribution is 2.47. The molecule has 1 amide bonds. The Morgan fingerprint density at radius 2 is 2.10 bits per heavy atom. The van der Waals surface area contributed by atoms with Gasteiger partial charge >= 0.3 is 5.97 Å². The first kappa shape index (κ1) is 13.0. The zero-order chi connectivity index (χ0) is 14.3. The standard InChI is InChI=1S/C15H17NO4/c1-9-6-12(9)13-4-2-11(20-13)3-5-14(17)16-7-10(8-16)15(18)19/h2-5,9-10,12H,6-8H2,1H3,(H,18,19). The Morgan fingerprint density at radius 3 is 2.70 bits per heavy atom. The summed E-state index contributed by atoms with van der Waals surface area (Å²) in [6.45, 7) is 2.78. The summed E-state index contributed by atoms with van der Waals surface area (Å²) in [5.41, 5.74) is 0. The van der Waals surface area contributed by atoms with Crippen LogP contribution in [0.5, 0.6) is 0 Å². The number of likely N-dealkylation sites (tertiary alicyclic amines) is 1. The number of hydrogen-bond acceptors (Lipinski definition) is 3. The van der Waals surface area contributed by atoms with Crippen LogP contribution in [0.15, 0.2) is 22.6 Å². The highest BCUT2D eigenvalue weighted by Gasteiger charge is 2.36. The van der Waals surface area contributed by atoms with Crippen molar-refractivity contribution in [3.8, 4) is 0 Å². The molecule has 106 valence electrons. The van der Waals surface area contributed by atoms with Crippen molar-refractivity contribution in [1.29, 1.82) is 0 Å². The summed E-state index contributed by atoms with van der Waals surface area (Å²) < 4.78 is 5.67. The summed E-state index contributed by atoms with van der Waals surface area (Å²) in [6, 6.07) is 3.82. The van der Waals surface area contributed by atoms with Gasteiger partial charge in [0.25, 0.3) is 0 Å². The van der Waals surface area contributed by atoms with E-state index in [2.05, 4.69) is 6.92 Å². The van der Waals surface area contributed by atoms with Gasteiger partial charge in [-0.25, -0.2) is 0 Å². The number of hydrogen-bond donors (Lipinski definition) is 1. The Hall–Kier alpha value is -2.04. The zero-order valence-electron chi connectivity index (χ0n) is 11.3. The van der Waals surface area contributed by atoms with Crippen LogP contribution in [0, 0.1) is 11.8 Å². The number of carboxylic acids is 1. The lowest BCUT2D eigenvalue weighted by Gasteiger charge is -2.35. The average molecular weight is 275 g/mol. The number of nitrogens with zero attached hydrogens (tertiary/aromatic N) is 1. The fraction of sp³-hybridized carbons (Fsp3) is 0.467. The number of carbonyl (C=O) groups is 2. The molecule has 5 heteroatoms. The van der Waals surface area contributed by atoms with Crippen LogP contribution < -0.4 is 0 Å². The molecule has 0 spiro atoms. The molecule has 1 aromatic heterocycles. The van der Waals surface area contributed by atoms with E-state index in [4.69, 9.17) is 9.52 Å². The molecule has 0 bridgehead atoms. The van der Waals surface area contributed by atoms with E-state index in [0.29, 0.717) is 30.7 Å². The van der Waals surface area contributed by atoms with Gasteiger partial charge in [-0.1, -0.05) is 6.92 Å². The van der Waals surface area contributed by atoms with E-state index in [1.165, 1.54) is 17.4 Å². The Balaban J connectivity index is 1.54. The third-order valence-electron chi connectivity index (χ3n) is 4.06. The molecule has 1 aliphatic carbocycles. The minimum absolute atomic E-state index is 0.166. The predicted molar refractivity (Wildman–Crippen MR) is 72.0 cm³/mol. The second kappa shape index (κ2) is 4.81. The minimum atomic E-state index is -0.841. The maximum absolute atomic E-state index is 11.8. The van der Waals surface area contributed by atoms with Gasteiger partial charge in [-0.2, -0.15) is 0 Å². The first-order valence-electron chi connectivity index (χ1n) is 6.84. The number of rotatable bonds is 4. The largest absolute Gasteiger partial charge is 0.481 e. The number of carbonyl (C=O) groups excluding carboxylic acids is 1. The van der Waals surface area contributed by atoms with Crippen LogP contribution in [0.25, 0.3) is 6.08 Å². The zero-order valence-corrected chi connectivity index (χ0v) is 11.3. The maximum Gasteiger partial charge on any atom is 0.310 e. The van der Waals surface area contributed by atoms with E-state index >= 15 is 0 Å². The first-order valence-corrected chi connectivity index (χ1v) is 6.84. The van der Waals surface area contributed by atoms with E-state index in [1.807, 2.05) is 12.1 Å². The molecule has 1 saturated carbocycles. The van der Waals surface area contributed by atoms with Gasteiger partial charge in [0.2, 0.25) is 5.91 Å². The maximum atomic E-state index is 11.8. The molecule has 3 rings (SSSR count). The smallest absolute Gasteiger partial charge is 0.310 e. The van der Waals surface area contributed by atoms with Gasteiger partial charge in [0.05, 0.1) is 5.92 Å². The topological polar surface area (TPSA) is 70.8 Å². The highest BCUT2D eigenvalue weighted by molar-refractivity contribution is 5.93. The molecule has 0 aromatic carbocycles. The molecular weight excluding hydrogens is 258 g/mol. The van der Waals surface area contributed by atoms with Crippen molar-refractivity contribution in [2.45, 2.75) is 19.3 Å². The van der Waals surface area contributed by atoms with E-state index in [9.17, 15) is 9.59 Å². The van der Waals surface area contributed by atoms with Crippen molar-refractivity contribution in [2.75, 3.05) is 13.1 Å². The Kier molecular flexibility index (Phi) is 3.12. The normalized spacial score (nSPS) is 25.8. The van der Waals surface area contributed by atoms with Gasteiger partial charge in [0.1, 0.15) is 11.5 Å². The lowest BCUT2D eigenvalue weighted by molar-refractivity contribution is -0.151. The molecule has 1 N–H and O–H groups in total. The average Bonchev–Trinajstić information content (AvgIpc) is 2.88. The number of carboxylic acid groups (broad SMARTS) is 1. The van der Waals surface area contributed by atoms with Crippen molar-refractivity contribution in [2.24, 2.45) is 11.8 Å². The van der Waals surface area contributed by atoms with Crippen molar-refractivity contribution < 1.29 is 19.1 Å². The van der Waals surface area contributed by atoms with E-state index < -0.39 is 11.9 Å². The summed E-state index contributed by atoms with van der Waals surface area (Å²) in [6.07, 6.45) is 4.25.